The highest BCUT2D eigenvalue weighted by Gasteiger charge is 2.16. The predicted octanol–water partition coefficient (Wildman–Crippen LogP) is 1.50. The SMILES string of the molecule is CC(C)NS(=O)(=O)c1ccc(NC(=O)CNCC2CCCO2)cc1.Cl. The molecule has 9 heteroatoms. The maximum atomic E-state index is 12.0. The zero-order valence-corrected chi connectivity index (χ0v) is 16.1. The molecule has 2 rings (SSSR count). The number of carbonyl (C=O) groups is 1. The Morgan fingerprint density at radius 2 is 1.96 bits per heavy atom. The summed E-state index contributed by atoms with van der Waals surface area (Å²) >= 11 is 0. The highest BCUT2D eigenvalue weighted by molar-refractivity contribution is 7.89. The lowest BCUT2D eigenvalue weighted by molar-refractivity contribution is -0.115. The van der Waals surface area contributed by atoms with Crippen molar-refractivity contribution in [1.82, 2.24) is 10.0 Å². The first-order valence-electron chi connectivity index (χ1n) is 8.11. The van der Waals surface area contributed by atoms with E-state index in [1.807, 2.05) is 0 Å². The molecular formula is C16H26ClN3O4S. The third-order valence-electron chi connectivity index (χ3n) is 3.52. The maximum absolute atomic E-state index is 12.0. The monoisotopic (exact) mass is 391 g/mol. The average Bonchev–Trinajstić information content (AvgIpc) is 3.00. The molecule has 0 spiro atoms. The van der Waals surface area contributed by atoms with Crippen LogP contribution in [0.5, 0.6) is 0 Å². The van der Waals surface area contributed by atoms with E-state index >= 15 is 0 Å². The molecule has 1 aliphatic heterocycles. The van der Waals surface area contributed by atoms with Gasteiger partial charge in [0.1, 0.15) is 0 Å². The number of rotatable bonds is 8. The van der Waals surface area contributed by atoms with Gasteiger partial charge >= 0.3 is 0 Å². The molecule has 1 atom stereocenters. The predicted molar refractivity (Wildman–Crippen MR) is 99.6 cm³/mol. The fourth-order valence-corrected chi connectivity index (χ4v) is 3.70. The summed E-state index contributed by atoms with van der Waals surface area (Å²) in [6, 6.07) is 5.92. The molecule has 0 radical (unpaired) electrons. The van der Waals surface area contributed by atoms with E-state index in [-0.39, 0.29) is 41.9 Å². The molecule has 7 nitrogen and oxygen atoms in total. The van der Waals surface area contributed by atoms with E-state index in [0.717, 1.165) is 19.4 Å². The number of sulfonamides is 1. The van der Waals surface area contributed by atoms with Crippen LogP contribution in [0.15, 0.2) is 29.2 Å². The minimum atomic E-state index is -3.52. The van der Waals surface area contributed by atoms with Gasteiger partial charge in [0.15, 0.2) is 0 Å². The van der Waals surface area contributed by atoms with Crippen molar-refractivity contribution in [3.63, 3.8) is 0 Å². The Morgan fingerprint density at radius 3 is 2.52 bits per heavy atom. The van der Waals surface area contributed by atoms with Crippen LogP contribution in [-0.4, -0.2) is 46.2 Å². The first kappa shape index (κ1) is 21.9. The summed E-state index contributed by atoms with van der Waals surface area (Å²) in [5, 5.41) is 5.79. The number of benzene rings is 1. The number of anilines is 1. The van der Waals surface area contributed by atoms with Gasteiger partial charge < -0.3 is 15.4 Å². The minimum Gasteiger partial charge on any atom is -0.377 e. The molecule has 1 aliphatic rings. The summed E-state index contributed by atoms with van der Waals surface area (Å²) in [4.78, 5) is 12.0. The third kappa shape index (κ3) is 7.29. The number of carbonyl (C=O) groups excluding carboxylic acids is 1. The van der Waals surface area contributed by atoms with E-state index in [1.54, 1.807) is 26.0 Å². The second-order valence-corrected chi connectivity index (χ2v) is 7.83. The fourth-order valence-electron chi connectivity index (χ4n) is 2.45. The van der Waals surface area contributed by atoms with E-state index in [0.29, 0.717) is 12.2 Å². The standard InChI is InChI=1S/C16H25N3O4S.ClH/c1-12(2)19-24(21,22)15-7-5-13(6-8-15)18-16(20)11-17-10-14-4-3-9-23-14;/h5-8,12,14,17,19H,3-4,9-11H2,1-2H3,(H,18,20);1H. The molecule has 3 N–H and O–H groups in total. The lowest BCUT2D eigenvalue weighted by Crippen LogP contribution is -2.33. The van der Waals surface area contributed by atoms with Gasteiger partial charge in [-0.1, -0.05) is 0 Å². The van der Waals surface area contributed by atoms with Gasteiger partial charge in [-0.05, 0) is 51.0 Å². The highest BCUT2D eigenvalue weighted by Crippen LogP contribution is 2.14. The van der Waals surface area contributed by atoms with Crippen molar-refractivity contribution in [2.75, 3.05) is 25.0 Å². The van der Waals surface area contributed by atoms with Crippen LogP contribution in [0.4, 0.5) is 5.69 Å². The van der Waals surface area contributed by atoms with Crippen molar-refractivity contribution in [2.24, 2.45) is 0 Å². The molecule has 1 amide bonds. The number of halogens is 1. The summed E-state index contributed by atoms with van der Waals surface area (Å²) in [6.45, 7) is 5.16. The Bertz CT molecular complexity index is 644. The molecule has 0 aliphatic carbocycles. The lowest BCUT2D eigenvalue weighted by Gasteiger charge is -2.12. The molecule has 1 saturated heterocycles. The van der Waals surface area contributed by atoms with Crippen molar-refractivity contribution in [3.8, 4) is 0 Å². The fraction of sp³-hybridized carbons (Fsp3) is 0.562. The van der Waals surface area contributed by atoms with Crippen LogP contribution in [0.2, 0.25) is 0 Å². The van der Waals surface area contributed by atoms with E-state index in [1.165, 1.54) is 12.1 Å². The molecule has 1 heterocycles. The van der Waals surface area contributed by atoms with Crippen LogP contribution < -0.4 is 15.4 Å². The number of ether oxygens (including phenoxy) is 1. The Balaban J connectivity index is 0.00000312. The molecule has 25 heavy (non-hydrogen) atoms. The van der Waals surface area contributed by atoms with Gasteiger partial charge in [0.2, 0.25) is 15.9 Å². The van der Waals surface area contributed by atoms with Crippen LogP contribution in [0.3, 0.4) is 0 Å². The highest BCUT2D eigenvalue weighted by atomic mass is 35.5. The van der Waals surface area contributed by atoms with Gasteiger partial charge in [0, 0.05) is 24.9 Å². The molecule has 1 unspecified atom stereocenters. The first-order chi connectivity index (χ1) is 11.4. The number of hydrogen-bond acceptors (Lipinski definition) is 5. The summed E-state index contributed by atoms with van der Waals surface area (Å²) < 4.78 is 32.0. The Kier molecular flexibility index (Phi) is 8.81. The molecule has 1 fully saturated rings. The van der Waals surface area contributed by atoms with Crippen LogP contribution in [-0.2, 0) is 19.6 Å². The Morgan fingerprint density at radius 1 is 1.28 bits per heavy atom. The molecule has 142 valence electrons. The number of nitrogens with one attached hydrogen (secondary N) is 3. The van der Waals surface area contributed by atoms with Crippen molar-refractivity contribution in [1.29, 1.82) is 0 Å². The smallest absolute Gasteiger partial charge is 0.240 e. The Hall–Kier alpha value is -1.19. The molecule has 0 aromatic heterocycles. The van der Waals surface area contributed by atoms with E-state index in [4.69, 9.17) is 4.74 Å². The molecule has 0 bridgehead atoms. The van der Waals surface area contributed by atoms with Gasteiger partial charge in [-0.15, -0.1) is 12.4 Å². The van der Waals surface area contributed by atoms with E-state index in [9.17, 15) is 13.2 Å². The van der Waals surface area contributed by atoms with E-state index in [2.05, 4.69) is 15.4 Å². The topological polar surface area (TPSA) is 96.5 Å². The van der Waals surface area contributed by atoms with Crippen molar-refractivity contribution >= 4 is 34.0 Å². The summed E-state index contributed by atoms with van der Waals surface area (Å²) in [6.07, 6.45) is 2.28. The van der Waals surface area contributed by atoms with Crippen molar-refractivity contribution in [3.05, 3.63) is 24.3 Å². The van der Waals surface area contributed by atoms with Gasteiger partial charge in [-0.3, -0.25) is 4.79 Å². The molecule has 1 aromatic carbocycles. The van der Waals surface area contributed by atoms with Gasteiger partial charge in [0.05, 0.1) is 17.5 Å². The number of amides is 1. The summed E-state index contributed by atoms with van der Waals surface area (Å²) in [5.74, 6) is -0.177. The van der Waals surface area contributed by atoms with Crippen LogP contribution >= 0.6 is 12.4 Å². The first-order valence-corrected chi connectivity index (χ1v) is 9.60. The van der Waals surface area contributed by atoms with Gasteiger partial charge in [-0.2, -0.15) is 0 Å². The largest absolute Gasteiger partial charge is 0.377 e. The zero-order chi connectivity index (χ0) is 17.6. The van der Waals surface area contributed by atoms with E-state index < -0.39 is 10.0 Å². The maximum Gasteiger partial charge on any atom is 0.240 e. The van der Waals surface area contributed by atoms with Gasteiger partial charge in [-0.25, -0.2) is 13.1 Å². The summed E-state index contributed by atoms with van der Waals surface area (Å²) in [7, 11) is -3.52. The normalized spacial score (nSPS) is 17.3. The zero-order valence-electron chi connectivity index (χ0n) is 14.4. The summed E-state index contributed by atoms with van der Waals surface area (Å²) in [5.41, 5.74) is 0.558. The molecular weight excluding hydrogens is 366 g/mol. The lowest BCUT2D eigenvalue weighted by atomic mass is 10.2. The van der Waals surface area contributed by atoms with Gasteiger partial charge in [0.25, 0.3) is 0 Å². The Labute approximate surface area is 155 Å². The minimum absolute atomic E-state index is 0. The van der Waals surface area contributed by atoms with Crippen LogP contribution in [0.1, 0.15) is 26.7 Å². The van der Waals surface area contributed by atoms with Crippen molar-refractivity contribution in [2.45, 2.75) is 43.7 Å². The van der Waals surface area contributed by atoms with Crippen LogP contribution in [0, 0.1) is 0 Å². The quantitative estimate of drug-likeness (QED) is 0.624. The molecule has 1 aromatic rings. The second-order valence-electron chi connectivity index (χ2n) is 6.11. The second kappa shape index (κ2) is 10.1. The third-order valence-corrected chi connectivity index (χ3v) is 5.20. The number of hydrogen-bond donors (Lipinski definition) is 3. The molecule has 0 saturated carbocycles. The average molecular weight is 392 g/mol. The van der Waals surface area contributed by atoms with Crippen molar-refractivity contribution < 1.29 is 17.9 Å². The van der Waals surface area contributed by atoms with Crippen LogP contribution in [0.25, 0.3) is 0 Å².